The highest BCUT2D eigenvalue weighted by Gasteiger charge is 2.12. The van der Waals surface area contributed by atoms with E-state index in [1.165, 1.54) is 6.07 Å². The first-order chi connectivity index (χ1) is 8.58. The van der Waals surface area contributed by atoms with Crippen molar-refractivity contribution in [1.82, 2.24) is 5.32 Å². The van der Waals surface area contributed by atoms with Crippen LogP contribution >= 0.6 is 0 Å². The first-order valence-corrected chi connectivity index (χ1v) is 6.17. The van der Waals surface area contributed by atoms with Crippen molar-refractivity contribution in [3.05, 3.63) is 29.6 Å². The Morgan fingerprint density at radius 2 is 2.17 bits per heavy atom. The SMILES string of the molecule is CCCNC(C)c1ccc(OC(C)C#N)cc1F. The summed E-state index contributed by atoms with van der Waals surface area (Å²) in [5.41, 5.74) is 0.611. The van der Waals surface area contributed by atoms with Gasteiger partial charge in [0.1, 0.15) is 17.6 Å². The van der Waals surface area contributed by atoms with Crippen LogP contribution in [0.3, 0.4) is 0 Å². The van der Waals surface area contributed by atoms with Crippen LogP contribution < -0.4 is 10.1 Å². The maximum atomic E-state index is 13.9. The molecule has 0 fully saturated rings. The molecule has 1 aromatic rings. The Labute approximate surface area is 108 Å². The van der Waals surface area contributed by atoms with Gasteiger partial charge in [0.05, 0.1) is 0 Å². The minimum Gasteiger partial charge on any atom is -0.476 e. The summed E-state index contributed by atoms with van der Waals surface area (Å²) < 4.78 is 19.1. The zero-order valence-electron chi connectivity index (χ0n) is 11.0. The summed E-state index contributed by atoms with van der Waals surface area (Å²) in [6.45, 7) is 6.46. The minimum absolute atomic E-state index is 0.0348. The lowest BCUT2D eigenvalue weighted by Crippen LogP contribution is -2.20. The second-order valence-corrected chi connectivity index (χ2v) is 4.25. The number of hydrogen-bond acceptors (Lipinski definition) is 3. The van der Waals surface area contributed by atoms with Gasteiger partial charge in [0.15, 0.2) is 6.10 Å². The molecule has 0 bridgehead atoms. The molecule has 0 heterocycles. The van der Waals surface area contributed by atoms with E-state index in [0.29, 0.717) is 11.3 Å². The molecular weight excluding hydrogens is 231 g/mol. The van der Waals surface area contributed by atoms with Gasteiger partial charge in [0, 0.05) is 17.7 Å². The number of benzene rings is 1. The molecule has 2 unspecified atom stereocenters. The van der Waals surface area contributed by atoms with Crippen LogP contribution in [0.5, 0.6) is 5.75 Å². The molecule has 0 aliphatic carbocycles. The summed E-state index contributed by atoms with van der Waals surface area (Å²) in [5.74, 6) is 0.0711. The fraction of sp³-hybridized carbons (Fsp3) is 0.500. The molecule has 1 rings (SSSR count). The highest BCUT2D eigenvalue weighted by atomic mass is 19.1. The van der Waals surface area contributed by atoms with Gasteiger partial charge in [-0.05, 0) is 32.9 Å². The van der Waals surface area contributed by atoms with Gasteiger partial charge in [-0.25, -0.2) is 4.39 Å². The molecular formula is C14H19FN2O. The predicted molar refractivity (Wildman–Crippen MR) is 68.8 cm³/mol. The van der Waals surface area contributed by atoms with Crippen LogP contribution in [0.25, 0.3) is 0 Å². The Balaban J connectivity index is 2.76. The van der Waals surface area contributed by atoms with Crippen LogP contribution in [0, 0.1) is 17.1 Å². The Kier molecular flexibility index (Phi) is 5.60. The lowest BCUT2D eigenvalue weighted by atomic mass is 10.1. The van der Waals surface area contributed by atoms with Crippen molar-refractivity contribution in [2.24, 2.45) is 0 Å². The van der Waals surface area contributed by atoms with E-state index < -0.39 is 6.10 Å². The van der Waals surface area contributed by atoms with Gasteiger partial charge >= 0.3 is 0 Å². The molecule has 0 aliphatic heterocycles. The average Bonchev–Trinajstić information content (AvgIpc) is 2.36. The van der Waals surface area contributed by atoms with Gasteiger partial charge in [0.25, 0.3) is 0 Å². The van der Waals surface area contributed by atoms with E-state index in [9.17, 15) is 4.39 Å². The summed E-state index contributed by atoms with van der Waals surface area (Å²) in [7, 11) is 0. The lowest BCUT2D eigenvalue weighted by Gasteiger charge is -2.15. The van der Waals surface area contributed by atoms with Crippen molar-refractivity contribution in [1.29, 1.82) is 5.26 Å². The first-order valence-electron chi connectivity index (χ1n) is 6.17. The van der Waals surface area contributed by atoms with Crippen LogP contribution in [0.1, 0.15) is 38.8 Å². The third-order valence-corrected chi connectivity index (χ3v) is 2.63. The second kappa shape index (κ2) is 6.97. The summed E-state index contributed by atoms with van der Waals surface area (Å²) >= 11 is 0. The summed E-state index contributed by atoms with van der Waals surface area (Å²) in [5, 5.41) is 11.9. The number of nitrogens with zero attached hydrogens (tertiary/aromatic N) is 1. The third kappa shape index (κ3) is 4.01. The minimum atomic E-state index is -0.578. The maximum Gasteiger partial charge on any atom is 0.181 e. The van der Waals surface area contributed by atoms with Gasteiger partial charge < -0.3 is 10.1 Å². The smallest absolute Gasteiger partial charge is 0.181 e. The van der Waals surface area contributed by atoms with E-state index in [0.717, 1.165) is 13.0 Å². The van der Waals surface area contributed by atoms with Crippen LogP contribution in [0.2, 0.25) is 0 Å². The standard InChI is InChI=1S/C14H19FN2O/c1-4-7-17-11(3)13-6-5-12(8-14(13)15)18-10(2)9-16/h5-6,8,10-11,17H,4,7H2,1-3H3. The molecule has 0 amide bonds. The molecule has 0 radical (unpaired) electrons. The molecule has 0 aromatic heterocycles. The molecule has 0 saturated carbocycles. The topological polar surface area (TPSA) is 45.0 Å². The number of halogens is 1. The third-order valence-electron chi connectivity index (χ3n) is 2.63. The van der Waals surface area contributed by atoms with Gasteiger partial charge in [-0.3, -0.25) is 0 Å². The van der Waals surface area contributed by atoms with Gasteiger partial charge in [0.2, 0.25) is 0 Å². The van der Waals surface area contributed by atoms with E-state index in [2.05, 4.69) is 12.2 Å². The quantitative estimate of drug-likeness (QED) is 0.843. The predicted octanol–water partition coefficient (Wildman–Crippen LogP) is 3.18. The van der Waals surface area contributed by atoms with Crippen molar-refractivity contribution in [3.8, 4) is 11.8 Å². The highest BCUT2D eigenvalue weighted by Crippen LogP contribution is 2.22. The van der Waals surface area contributed by atoms with Crippen LogP contribution in [0.15, 0.2) is 18.2 Å². The monoisotopic (exact) mass is 250 g/mol. The summed E-state index contributed by atoms with van der Waals surface area (Å²) in [6, 6.07) is 6.62. The lowest BCUT2D eigenvalue weighted by molar-refractivity contribution is 0.275. The molecule has 1 N–H and O–H groups in total. The number of rotatable bonds is 6. The number of nitrogens with one attached hydrogen (secondary N) is 1. The van der Waals surface area contributed by atoms with Crippen molar-refractivity contribution in [2.45, 2.75) is 39.3 Å². The average molecular weight is 250 g/mol. The molecule has 0 aliphatic rings. The van der Waals surface area contributed by atoms with Crippen molar-refractivity contribution in [3.63, 3.8) is 0 Å². The molecule has 2 atom stereocenters. The van der Waals surface area contributed by atoms with E-state index >= 15 is 0 Å². The molecule has 0 spiro atoms. The Morgan fingerprint density at radius 1 is 1.44 bits per heavy atom. The van der Waals surface area contributed by atoms with E-state index in [1.54, 1.807) is 19.1 Å². The number of nitriles is 1. The van der Waals surface area contributed by atoms with Crippen LogP contribution in [-0.4, -0.2) is 12.6 Å². The molecule has 18 heavy (non-hydrogen) atoms. The molecule has 4 heteroatoms. The number of hydrogen-bond donors (Lipinski definition) is 1. The van der Waals surface area contributed by atoms with Crippen LogP contribution in [-0.2, 0) is 0 Å². The Hall–Kier alpha value is -1.60. The fourth-order valence-electron chi connectivity index (χ4n) is 1.63. The normalized spacial score (nSPS) is 13.7. The maximum absolute atomic E-state index is 13.9. The first kappa shape index (κ1) is 14.5. The number of ether oxygens (including phenoxy) is 1. The van der Waals surface area contributed by atoms with E-state index in [4.69, 9.17) is 10.00 Å². The molecule has 3 nitrogen and oxygen atoms in total. The molecule has 0 saturated heterocycles. The zero-order chi connectivity index (χ0) is 13.5. The van der Waals surface area contributed by atoms with E-state index in [-0.39, 0.29) is 11.9 Å². The van der Waals surface area contributed by atoms with Crippen LogP contribution in [0.4, 0.5) is 4.39 Å². The van der Waals surface area contributed by atoms with E-state index in [1.807, 2.05) is 13.0 Å². The van der Waals surface area contributed by atoms with Crippen molar-refractivity contribution < 1.29 is 9.13 Å². The Bertz CT molecular complexity index is 428. The van der Waals surface area contributed by atoms with Crippen molar-refractivity contribution >= 4 is 0 Å². The summed E-state index contributed by atoms with van der Waals surface area (Å²) in [6.07, 6.45) is 0.429. The fourth-order valence-corrected chi connectivity index (χ4v) is 1.63. The Morgan fingerprint density at radius 3 is 2.72 bits per heavy atom. The second-order valence-electron chi connectivity index (χ2n) is 4.25. The molecule has 1 aromatic carbocycles. The molecule has 98 valence electrons. The van der Waals surface area contributed by atoms with Gasteiger partial charge in [-0.2, -0.15) is 5.26 Å². The summed E-state index contributed by atoms with van der Waals surface area (Å²) in [4.78, 5) is 0. The van der Waals surface area contributed by atoms with Crippen molar-refractivity contribution in [2.75, 3.05) is 6.54 Å². The van der Waals surface area contributed by atoms with Gasteiger partial charge in [-0.1, -0.05) is 13.0 Å². The zero-order valence-corrected chi connectivity index (χ0v) is 11.0. The highest BCUT2D eigenvalue weighted by molar-refractivity contribution is 5.31. The largest absolute Gasteiger partial charge is 0.476 e. The van der Waals surface area contributed by atoms with Gasteiger partial charge in [-0.15, -0.1) is 0 Å².